The Kier molecular flexibility index (Phi) is 4.74. The number of aromatic nitrogens is 2. The summed E-state index contributed by atoms with van der Waals surface area (Å²) < 4.78 is 40.1. The molecule has 0 saturated carbocycles. The van der Waals surface area contributed by atoms with Crippen LogP contribution in [0.5, 0.6) is 0 Å². The first-order valence-corrected chi connectivity index (χ1v) is 9.14. The number of pyridine rings is 1. The van der Waals surface area contributed by atoms with Crippen LogP contribution in [0.1, 0.15) is 18.4 Å². The molecule has 3 aromatic rings. The molecule has 7 heteroatoms. The lowest BCUT2D eigenvalue weighted by atomic mass is 10.0. The van der Waals surface area contributed by atoms with E-state index in [0.29, 0.717) is 27.9 Å². The number of halogens is 3. The largest absolute Gasteiger partial charge is 0.416 e. The molecule has 1 amide bonds. The molecule has 1 aromatic carbocycles. The Morgan fingerprint density at radius 2 is 1.90 bits per heavy atom. The molecule has 148 valence electrons. The average molecular weight is 397 g/mol. The van der Waals surface area contributed by atoms with Crippen molar-refractivity contribution in [1.82, 2.24) is 9.61 Å². The monoisotopic (exact) mass is 397 g/mol. The third-order valence-corrected chi connectivity index (χ3v) is 4.96. The number of fused-ring (bicyclic) bond motifs is 1. The predicted molar refractivity (Wildman–Crippen MR) is 105 cm³/mol. The smallest absolute Gasteiger partial charge is 0.311 e. The third kappa shape index (κ3) is 3.68. The number of alkyl halides is 3. The summed E-state index contributed by atoms with van der Waals surface area (Å²) in [4.78, 5) is 14.3. The number of nitrogens with zero attached hydrogens (tertiary/aromatic N) is 3. The number of hydrogen-bond acceptors (Lipinski definition) is 2. The van der Waals surface area contributed by atoms with Crippen LogP contribution in [-0.4, -0.2) is 22.6 Å². The van der Waals surface area contributed by atoms with Crippen LogP contribution < -0.4 is 4.90 Å². The van der Waals surface area contributed by atoms with Crippen LogP contribution in [0.3, 0.4) is 0 Å². The molecule has 0 aliphatic heterocycles. The van der Waals surface area contributed by atoms with E-state index < -0.39 is 11.7 Å². The zero-order valence-electron chi connectivity index (χ0n) is 15.6. The number of carbonyl (C=O) groups is 1. The topological polar surface area (TPSA) is 37.6 Å². The minimum atomic E-state index is -4.38. The molecule has 0 spiro atoms. The zero-order chi connectivity index (χ0) is 20.6. The van der Waals surface area contributed by atoms with Crippen LogP contribution in [0.2, 0.25) is 0 Å². The van der Waals surface area contributed by atoms with Crippen LogP contribution in [0, 0.1) is 0 Å². The van der Waals surface area contributed by atoms with Crippen LogP contribution in [0.15, 0.2) is 72.6 Å². The summed E-state index contributed by atoms with van der Waals surface area (Å²) in [6.07, 6.45) is 6.45. The Morgan fingerprint density at radius 3 is 2.55 bits per heavy atom. The molecule has 2 heterocycles. The summed E-state index contributed by atoms with van der Waals surface area (Å²) >= 11 is 0. The fourth-order valence-corrected chi connectivity index (χ4v) is 3.32. The maximum atomic E-state index is 12.8. The van der Waals surface area contributed by atoms with Gasteiger partial charge in [-0.05, 0) is 42.7 Å². The molecule has 29 heavy (non-hydrogen) atoms. The van der Waals surface area contributed by atoms with Crippen LogP contribution in [-0.2, 0) is 11.0 Å². The summed E-state index contributed by atoms with van der Waals surface area (Å²) in [7, 11) is 1.70. The van der Waals surface area contributed by atoms with Crippen molar-refractivity contribution in [2.75, 3.05) is 11.9 Å². The van der Waals surface area contributed by atoms with Gasteiger partial charge in [-0.25, -0.2) is 4.52 Å². The third-order valence-electron chi connectivity index (χ3n) is 4.96. The lowest BCUT2D eigenvalue weighted by Gasteiger charge is -2.19. The maximum Gasteiger partial charge on any atom is 0.416 e. The number of rotatable bonds is 3. The number of amides is 1. The first kappa shape index (κ1) is 19.0. The van der Waals surface area contributed by atoms with E-state index >= 15 is 0 Å². The number of carbonyl (C=O) groups excluding carboxylic acids is 1. The van der Waals surface area contributed by atoms with Gasteiger partial charge >= 0.3 is 6.18 Å². The first-order valence-electron chi connectivity index (χ1n) is 9.14. The standard InChI is InChI=1S/C22H18F3N3O/c1-27(21(29)16-5-3-2-4-6-16)18-11-12-28-20(13-18)19(14-26-28)15-7-9-17(10-8-15)22(23,24)25/h3,5-14H,2,4H2,1H3. The summed E-state index contributed by atoms with van der Waals surface area (Å²) in [5.41, 5.74) is 2.65. The van der Waals surface area contributed by atoms with Crippen molar-refractivity contribution in [3.05, 3.63) is 78.2 Å². The molecular weight excluding hydrogens is 379 g/mol. The highest BCUT2D eigenvalue weighted by molar-refractivity contribution is 6.07. The van der Waals surface area contributed by atoms with E-state index in [4.69, 9.17) is 0 Å². The Balaban J connectivity index is 1.68. The molecule has 0 N–H and O–H groups in total. The predicted octanol–water partition coefficient (Wildman–Crippen LogP) is 5.26. The molecule has 4 rings (SSSR count). The molecule has 0 fully saturated rings. The number of allylic oxidation sites excluding steroid dienone is 2. The van der Waals surface area contributed by atoms with Gasteiger partial charge in [-0.1, -0.05) is 30.4 Å². The van der Waals surface area contributed by atoms with E-state index in [-0.39, 0.29) is 5.91 Å². The van der Waals surface area contributed by atoms with Crippen molar-refractivity contribution in [1.29, 1.82) is 0 Å². The van der Waals surface area contributed by atoms with Crippen molar-refractivity contribution in [3.63, 3.8) is 0 Å². The second-order valence-corrected chi connectivity index (χ2v) is 6.85. The van der Waals surface area contributed by atoms with Crippen molar-refractivity contribution < 1.29 is 18.0 Å². The molecular formula is C22H18F3N3O. The second-order valence-electron chi connectivity index (χ2n) is 6.85. The van der Waals surface area contributed by atoms with Gasteiger partial charge in [0.2, 0.25) is 0 Å². The van der Waals surface area contributed by atoms with Gasteiger partial charge in [0.05, 0.1) is 17.3 Å². The molecule has 2 aromatic heterocycles. The van der Waals surface area contributed by atoms with Gasteiger partial charge in [-0.3, -0.25) is 4.79 Å². The highest BCUT2D eigenvalue weighted by Gasteiger charge is 2.30. The number of likely N-dealkylation sites (N-methyl/N-ethyl adjacent to an activating group) is 1. The highest BCUT2D eigenvalue weighted by Crippen LogP contribution is 2.33. The lowest BCUT2D eigenvalue weighted by molar-refractivity contribution is -0.137. The molecule has 1 aliphatic rings. The van der Waals surface area contributed by atoms with E-state index in [2.05, 4.69) is 5.10 Å². The molecule has 4 nitrogen and oxygen atoms in total. The molecule has 1 aliphatic carbocycles. The number of hydrogen-bond donors (Lipinski definition) is 0. The molecule has 0 unspecified atom stereocenters. The number of anilines is 1. The van der Waals surface area contributed by atoms with Crippen molar-refractivity contribution in [2.45, 2.75) is 19.0 Å². The van der Waals surface area contributed by atoms with E-state index in [9.17, 15) is 18.0 Å². The minimum Gasteiger partial charge on any atom is -0.311 e. The van der Waals surface area contributed by atoms with Crippen molar-refractivity contribution >= 4 is 17.1 Å². The van der Waals surface area contributed by atoms with Crippen molar-refractivity contribution in [3.8, 4) is 11.1 Å². The summed E-state index contributed by atoms with van der Waals surface area (Å²) in [6, 6.07) is 8.56. The van der Waals surface area contributed by atoms with Crippen molar-refractivity contribution in [2.24, 2.45) is 0 Å². The zero-order valence-corrected chi connectivity index (χ0v) is 15.6. The normalized spacial score (nSPS) is 14.1. The molecule has 0 saturated heterocycles. The SMILES string of the molecule is CN(C(=O)C1=CCCC=C1)c1ccn2ncc(-c3ccc(C(F)(F)F)cc3)c2c1. The van der Waals surface area contributed by atoms with Gasteiger partial charge in [0.25, 0.3) is 5.91 Å². The molecule has 0 bridgehead atoms. The number of benzene rings is 1. The molecule has 0 atom stereocenters. The maximum absolute atomic E-state index is 12.8. The summed E-state index contributed by atoms with van der Waals surface area (Å²) in [6.45, 7) is 0. The fourth-order valence-electron chi connectivity index (χ4n) is 3.32. The van der Waals surface area contributed by atoms with Gasteiger partial charge in [-0.15, -0.1) is 0 Å². The summed E-state index contributed by atoms with van der Waals surface area (Å²) in [5, 5.41) is 4.27. The quantitative estimate of drug-likeness (QED) is 0.605. The van der Waals surface area contributed by atoms with Gasteiger partial charge in [-0.2, -0.15) is 18.3 Å². The van der Waals surface area contributed by atoms with Gasteiger partial charge < -0.3 is 4.90 Å². The minimum absolute atomic E-state index is 0.110. The summed E-state index contributed by atoms with van der Waals surface area (Å²) in [5.74, 6) is -0.110. The lowest BCUT2D eigenvalue weighted by Crippen LogP contribution is -2.27. The molecule has 0 radical (unpaired) electrons. The Hall–Kier alpha value is -3.35. The van der Waals surface area contributed by atoms with Gasteiger partial charge in [0.15, 0.2) is 0 Å². The van der Waals surface area contributed by atoms with E-state index in [1.54, 1.807) is 34.9 Å². The highest BCUT2D eigenvalue weighted by atomic mass is 19.4. The Morgan fingerprint density at radius 1 is 1.14 bits per heavy atom. The fraction of sp³-hybridized carbons (Fsp3) is 0.182. The second kappa shape index (κ2) is 7.24. The van der Waals surface area contributed by atoms with E-state index in [1.165, 1.54) is 12.1 Å². The van der Waals surface area contributed by atoms with Crippen LogP contribution >= 0.6 is 0 Å². The van der Waals surface area contributed by atoms with Gasteiger partial charge in [0, 0.05) is 30.1 Å². The average Bonchev–Trinajstić information content (AvgIpc) is 3.16. The Bertz CT molecular complexity index is 1120. The van der Waals surface area contributed by atoms with Gasteiger partial charge in [0.1, 0.15) is 0 Å². The van der Waals surface area contributed by atoms with E-state index in [0.717, 1.165) is 25.0 Å². The van der Waals surface area contributed by atoms with E-state index in [1.807, 2.05) is 24.3 Å². The first-order chi connectivity index (χ1) is 13.8. The van der Waals surface area contributed by atoms with Crippen LogP contribution in [0.25, 0.3) is 16.6 Å². The van der Waals surface area contributed by atoms with Crippen LogP contribution in [0.4, 0.5) is 18.9 Å². The Labute approximate surface area is 165 Å².